The van der Waals surface area contributed by atoms with E-state index in [9.17, 15) is 23.4 Å². The Morgan fingerprint density at radius 3 is 2.48 bits per heavy atom. The number of aliphatic hydroxyl groups excluding tert-OH is 2. The fourth-order valence-corrected chi connectivity index (χ4v) is 6.03. The van der Waals surface area contributed by atoms with Crippen molar-refractivity contribution in [3.8, 4) is 16.3 Å². The van der Waals surface area contributed by atoms with Crippen LogP contribution in [0.15, 0.2) is 42.7 Å². The highest BCUT2D eigenvalue weighted by Gasteiger charge is 2.36. The van der Waals surface area contributed by atoms with Gasteiger partial charge in [0.05, 0.1) is 40.4 Å². The summed E-state index contributed by atoms with van der Waals surface area (Å²) in [5, 5.41) is 28.0. The summed E-state index contributed by atoms with van der Waals surface area (Å²) in [5.41, 5.74) is 2.86. The molecule has 0 saturated heterocycles. The summed E-state index contributed by atoms with van der Waals surface area (Å²) in [6.45, 7) is 5.38. The lowest BCUT2D eigenvalue weighted by Gasteiger charge is -2.20. The molecule has 1 saturated carbocycles. The molecule has 4 aromatic rings. The molecule has 9 nitrogen and oxygen atoms in total. The number of pyridine rings is 1. The first-order valence-corrected chi connectivity index (χ1v) is 13.6. The van der Waals surface area contributed by atoms with Crippen LogP contribution in [-0.4, -0.2) is 54.8 Å². The van der Waals surface area contributed by atoms with Crippen molar-refractivity contribution in [2.24, 2.45) is 5.92 Å². The molecule has 212 valence electrons. The summed E-state index contributed by atoms with van der Waals surface area (Å²) < 4.78 is 42.5. The van der Waals surface area contributed by atoms with Crippen molar-refractivity contribution in [2.75, 3.05) is 10.6 Å². The van der Waals surface area contributed by atoms with Gasteiger partial charge in [-0.05, 0) is 57.4 Å². The lowest BCUT2D eigenvalue weighted by molar-refractivity contribution is -0.274. The van der Waals surface area contributed by atoms with Gasteiger partial charge in [-0.1, -0.05) is 12.1 Å². The number of thiazole rings is 1. The van der Waals surface area contributed by atoms with E-state index in [0.29, 0.717) is 40.9 Å². The van der Waals surface area contributed by atoms with Crippen LogP contribution in [0.2, 0.25) is 0 Å². The highest BCUT2D eigenvalue weighted by molar-refractivity contribution is 7.21. The summed E-state index contributed by atoms with van der Waals surface area (Å²) in [7, 11) is 0. The Bertz CT molecular complexity index is 1450. The highest BCUT2D eigenvalue weighted by Crippen LogP contribution is 2.38. The van der Waals surface area contributed by atoms with E-state index in [4.69, 9.17) is 9.97 Å². The molecule has 13 heteroatoms. The fourth-order valence-electron chi connectivity index (χ4n) is 5.00. The molecule has 0 radical (unpaired) electrons. The number of ether oxygens (including phenoxy) is 1. The third-order valence-corrected chi connectivity index (χ3v) is 8.04. The number of aromatic nitrogens is 4. The molecule has 3 heterocycles. The Morgan fingerprint density at radius 1 is 1.07 bits per heavy atom. The number of nitrogens with one attached hydrogen (secondary N) is 2. The second kappa shape index (κ2) is 11.1. The quantitative estimate of drug-likeness (QED) is 0.217. The summed E-state index contributed by atoms with van der Waals surface area (Å²) in [6, 6.07) is 7.03. The molecule has 4 N–H and O–H groups in total. The van der Waals surface area contributed by atoms with E-state index in [2.05, 4.69) is 25.3 Å². The Kier molecular flexibility index (Phi) is 7.80. The van der Waals surface area contributed by atoms with Gasteiger partial charge in [-0.3, -0.25) is 4.98 Å². The van der Waals surface area contributed by atoms with Gasteiger partial charge in [0, 0.05) is 18.2 Å². The van der Waals surface area contributed by atoms with Gasteiger partial charge in [-0.15, -0.1) is 24.5 Å². The SMILES string of the molecule is Cc1nc(N[C@H](C)c2ccc(OC(F)(F)F)cc2)nc(N[C@H]2C[C@H](O)[C@H](C(C)O)C2)c1-c1nc2cnccc2s1. The number of aliphatic hydroxyl groups is 2. The minimum absolute atomic E-state index is 0.134. The zero-order chi connectivity index (χ0) is 28.6. The van der Waals surface area contributed by atoms with E-state index in [1.165, 1.54) is 23.5 Å². The lowest BCUT2D eigenvalue weighted by Crippen LogP contribution is -2.24. The smallest absolute Gasteiger partial charge is 0.406 e. The summed E-state index contributed by atoms with van der Waals surface area (Å²) in [5.74, 6) is 0.304. The molecule has 1 fully saturated rings. The largest absolute Gasteiger partial charge is 0.573 e. The second-order valence-electron chi connectivity index (χ2n) is 9.99. The minimum atomic E-state index is -4.76. The maximum Gasteiger partial charge on any atom is 0.573 e. The number of fused-ring (bicyclic) bond motifs is 1. The van der Waals surface area contributed by atoms with Crippen molar-refractivity contribution in [1.82, 2.24) is 19.9 Å². The van der Waals surface area contributed by atoms with Crippen molar-refractivity contribution >= 4 is 33.3 Å². The van der Waals surface area contributed by atoms with Crippen molar-refractivity contribution in [1.29, 1.82) is 0 Å². The molecule has 5 atom stereocenters. The number of benzene rings is 1. The number of alkyl halides is 3. The molecule has 0 amide bonds. The number of rotatable bonds is 8. The summed E-state index contributed by atoms with van der Waals surface area (Å²) in [4.78, 5) is 18.3. The molecule has 5 rings (SSSR count). The van der Waals surface area contributed by atoms with E-state index in [0.717, 1.165) is 15.8 Å². The molecule has 1 aromatic carbocycles. The Morgan fingerprint density at radius 2 is 1.82 bits per heavy atom. The van der Waals surface area contributed by atoms with Gasteiger partial charge in [0.15, 0.2) is 0 Å². The first-order chi connectivity index (χ1) is 19.0. The summed E-state index contributed by atoms with van der Waals surface area (Å²) in [6.07, 6.45) is -1.62. The van der Waals surface area contributed by atoms with E-state index >= 15 is 0 Å². The number of hydrogen-bond acceptors (Lipinski definition) is 10. The molecular formula is C27H29F3N6O3S. The van der Waals surface area contributed by atoms with Crippen molar-refractivity contribution in [3.63, 3.8) is 0 Å². The zero-order valence-corrected chi connectivity index (χ0v) is 22.8. The average molecular weight is 575 g/mol. The van der Waals surface area contributed by atoms with E-state index < -0.39 is 18.6 Å². The predicted molar refractivity (Wildman–Crippen MR) is 146 cm³/mol. The van der Waals surface area contributed by atoms with Crippen LogP contribution in [-0.2, 0) is 0 Å². The van der Waals surface area contributed by atoms with Gasteiger partial charge in [0.2, 0.25) is 5.95 Å². The predicted octanol–water partition coefficient (Wildman–Crippen LogP) is 5.46. The molecule has 0 spiro atoms. The number of nitrogens with zero attached hydrogens (tertiary/aromatic N) is 4. The van der Waals surface area contributed by atoms with Gasteiger partial charge >= 0.3 is 6.36 Å². The topological polar surface area (TPSA) is 125 Å². The van der Waals surface area contributed by atoms with Crippen LogP contribution in [0.4, 0.5) is 24.9 Å². The highest BCUT2D eigenvalue weighted by atomic mass is 32.1. The molecule has 3 aromatic heterocycles. The average Bonchev–Trinajstić information content (AvgIpc) is 3.46. The van der Waals surface area contributed by atoms with E-state index in [1.54, 1.807) is 31.5 Å². The molecule has 1 aliphatic rings. The fraction of sp³-hybridized carbons (Fsp3) is 0.407. The minimum Gasteiger partial charge on any atom is -0.406 e. The van der Waals surface area contributed by atoms with Gasteiger partial charge in [0.1, 0.15) is 22.1 Å². The van der Waals surface area contributed by atoms with Crippen molar-refractivity contribution in [2.45, 2.75) is 64.3 Å². The first kappa shape index (κ1) is 28.0. The Labute approximate surface area is 232 Å². The maximum absolute atomic E-state index is 12.5. The standard InChI is InChI=1S/C27H29F3N6O3S/c1-13(16-4-6-18(7-5-16)39-27(28,29)30)32-26-33-14(2)23(25-35-20-12-31-9-8-22(20)40-25)24(36-26)34-17-10-19(15(3)37)21(38)11-17/h4-9,12-13,15,17,19,21,37-38H,10-11H2,1-3H3,(H2,32,33,34,36)/t13-,15?,17-,19+,21+/m1/s1. The first-order valence-electron chi connectivity index (χ1n) is 12.8. The molecule has 0 bridgehead atoms. The van der Waals surface area contributed by atoms with Crippen LogP contribution in [0.3, 0.4) is 0 Å². The van der Waals surface area contributed by atoms with Gasteiger partial charge in [-0.25, -0.2) is 9.97 Å². The normalized spacial score (nSPS) is 20.9. The van der Waals surface area contributed by atoms with Crippen LogP contribution in [0.25, 0.3) is 20.8 Å². The Hall–Kier alpha value is -3.55. The molecule has 1 aliphatic carbocycles. The van der Waals surface area contributed by atoms with Gasteiger partial charge in [0.25, 0.3) is 0 Å². The van der Waals surface area contributed by atoms with Crippen LogP contribution in [0, 0.1) is 12.8 Å². The van der Waals surface area contributed by atoms with E-state index in [-0.39, 0.29) is 23.8 Å². The number of aryl methyl sites for hydroxylation is 1. The molecule has 0 aliphatic heterocycles. The second-order valence-corrected chi connectivity index (χ2v) is 11.0. The lowest BCUT2D eigenvalue weighted by atomic mass is 10.00. The van der Waals surface area contributed by atoms with Crippen molar-refractivity contribution < 1.29 is 28.1 Å². The number of halogens is 3. The van der Waals surface area contributed by atoms with E-state index in [1.807, 2.05) is 19.9 Å². The summed E-state index contributed by atoms with van der Waals surface area (Å²) >= 11 is 1.49. The van der Waals surface area contributed by atoms with Crippen LogP contribution < -0.4 is 15.4 Å². The Balaban J connectivity index is 1.44. The molecule has 1 unspecified atom stereocenters. The van der Waals surface area contributed by atoms with Crippen LogP contribution >= 0.6 is 11.3 Å². The number of hydrogen-bond donors (Lipinski definition) is 4. The number of anilines is 2. The monoisotopic (exact) mass is 574 g/mol. The van der Waals surface area contributed by atoms with Gasteiger partial charge in [-0.2, -0.15) is 4.98 Å². The molecule has 40 heavy (non-hydrogen) atoms. The molecular weight excluding hydrogens is 545 g/mol. The van der Waals surface area contributed by atoms with Gasteiger partial charge < -0.3 is 25.6 Å². The maximum atomic E-state index is 12.5. The van der Waals surface area contributed by atoms with Crippen molar-refractivity contribution in [3.05, 3.63) is 54.0 Å². The third-order valence-electron chi connectivity index (χ3n) is 6.99. The third kappa shape index (κ3) is 6.26. The van der Waals surface area contributed by atoms with Crippen LogP contribution in [0.1, 0.15) is 44.0 Å². The zero-order valence-electron chi connectivity index (χ0n) is 22.0. The van der Waals surface area contributed by atoms with Crippen LogP contribution in [0.5, 0.6) is 5.75 Å².